The lowest BCUT2D eigenvalue weighted by Gasteiger charge is -2.22. The number of allylic oxidation sites excluding steroid dienone is 1. The number of carboxylic acids is 1. The number of esters is 1. The van der Waals surface area contributed by atoms with Crippen LogP contribution in [-0.2, 0) is 14.3 Å². The zero-order chi connectivity index (χ0) is 11.5. The van der Waals surface area contributed by atoms with Gasteiger partial charge in [-0.2, -0.15) is 0 Å². The SMILES string of the molecule is COC(=O)C(=C(C)[SiH3])C(C)(C)C(=O)O. The molecule has 0 aliphatic rings. The third kappa shape index (κ3) is 2.44. The van der Waals surface area contributed by atoms with Gasteiger partial charge in [-0.1, -0.05) is 5.20 Å². The zero-order valence-corrected chi connectivity index (χ0v) is 11.2. The predicted octanol–water partition coefficient (Wildman–Crippen LogP) is -0.0904. The average molecular weight is 216 g/mol. The quantitative estimate of drug-likeness (QED) is 0.407. The summed E-state index contributed by atoms with van der Waals surface area (Å²) in [5.41, 5.74) is -0.919. The van der Waals surface area contributed by atoms with Gasteiger partial charge in [0, 0.05) is 15.8 Å². The van der Waals surface area contributed by atoms with Crippen LogP contribution in [0.5, 0.6) is 0 Å². The third-order valence-electron chi connectivity index (χ3n) is 2.05. The van der Waals surface area contributed by atoms with Crippen LogP contribution >= 0.6 is 0 Å². The largest absolute Gasteiger partial charge is 0.481 e. The van der Waals surface area contributed by atoms with Crippen molar-refractivity contribution in [3.8, 4) is 0 Å². The van der Waals surface area contributed by atoms with Crippen LogP contribution in [0.3, 0.4) is 0 Å². The molecular weight excluding hydrogens is 200 g/mol. The molecule has 0 fully saturated rings. The zero-order valence-electron chi connectivity index (χ0n) is 9.17. The lowest BCUT2D eigenvalue weighted by atomic mass is 9.84. The fourth-order valence-electron chi connectivity index (χ4n) is 1.29. The van der Waals surface area contributed by atoms with Crippen LogP contribution < -0.4 is 0 Å². The van der Waals surface area contributed by atoms with E-state index in [0.717, 1.165) is 5.20 Å². The molecule has 0 saturated heterocycles. The van der Waals surface area contributed by atoms with Gasteiger partial charge in [0.1, 0.15) is 0 Å². The van der Waals surface area contributed by atoms with Gasteiger partial charge in [0.15, 0.2) is 0 Å². The molecule has 80 valence electrons. The molecule has 0 bridgehead atoms. The van der Waals surface area contributed by atoms with Crippen molar-refractivity contribution in [1.29, 1.82) is 0 Å². The molecule has 0 saturated carbocycles. The maximum atomic E-state index is 11.4. The van der Waals surface area contributed by atoms with Crippen LogP contribution in [0.25, 0.3) is 0 Å². The topological polar surface area (TPSA) is 63.6 Å². The van der Waals surface area contributed by atoms with Gasteiger partial charge in [0.25, 0.3) is 0 Å². The Labute approximate surface area is 86.4 Å². The van der Waals surface area contributed by atoms with E-state index in [-0.39, 0.29) is 5.57 Å². The first-order valence-electron chi connectivity index (χ1n) is 4.24. The summed E-state index contributed by atoms with van der Waals surface area (Å²) in [4.78, 5) is 22.3. The second-order valence-electron chi connectivity index (χ2n) is 3.80. The minimum absolute atomic E-state index is 0.263. The van der Waals surface area contributed by atoms with E-state index in [9.17, 15) is 9.59 Å². The first-order valence-corrected chi connectivity index (χ1v) is 5.24. The number of carbonyl (C=O) groups is 2. The molecular formula is C9H16O4Si. The van der Waals surface area contributed by atoms with Gasteiger partial charge in [0.2, 0.25) is 0 Å². The number of aliphatic carboxylic acids is 1. The smallest absolute Gasteiger partial charge is 0.334 e. The molecule has 0 aliphatic heterocycles. The highest BCUT2D eigenvalue weighted by molar-refractivity contribution is 6.24. The van der Waals surface area contributed by atoms with Crippen LogP contribution in [0, 0.1) is 5.41 Å². The number of hydrogen-bond donors (Lipinski definition) is 1. The van der Waals surface area contributed by atoms with Crippen LogP contribution in [0.4, 0.5) is 0 Å². The fraction of sp³-hybridized carbons (Fsp3) is 0.556. The third-order valence-corrected chi connectivity index (χ3v) is 2.55. The summed E-state index contributed by atoms with van der Waals surface area (Å²) >= 11 is 0. The van der Waals surface area contributed by atoms with E-state index in [4.69, 9.17) is 5.11 Å². The summed E-state index contributed by atoms with van der Waals surface area (Å²) in [6, 6.07) is 0. The van der Waals surface area contributed by atoms with Crippen molar-refractivity contribution in [1.82, 2.24) is 0 Å². The molecule has 14 heavy (non-hydrogen) atoms. The molecule has 0 amide bonds. The van der Waals surface area contributed by atoms with E-state index in [2.05, 4.69) is 4.74 Å². The Morgan fingerprint density at radius 2 is 1.79 bits per heavy atom. The normalized spacial score (nSPS) is 13.4. The lowest BCUT2D eigenvalue weighted by Crippen LogP contribution is -2.32. The first kappa shape index (κ1) is 12.9. The minimum atomic E-state index is -1.18. The molecule has 0 radical (unpaired) electrons. The first-order chi connectivity index (χ1) is 6.25. The number of carbonyl (C=O) groups excluding carboxylic acids is 1. The average Bonchev–Trinajstić information content (AvgIpc) is 2.02. The van der Waals surface area contributed by atoms with E-state index >= 15 is 0 Å². The summed E-state index contributed by atoms with van der Waals surface area (Å²) in [6.07, 6.45) is 0. The molecule has 0 rings (SSSR count). The standard InChI is InChI=1S/C9H16O4Si/c1-5(14)6(7(10)13-4)9(2,3)8(11)12/h1-4,14H3,(H,11,12). The van der Waals surface area contributed by atoms with E-state index in [1.54, 1.807) is 6.92 Å². The highest BCUT2D eigenvalue weighted by Gasteiger charge is 2.37. The van der Waals surface area contributed by atoms with Crippen molar-refractivity contribution in [2.45, 2.75) is 20.8 Å². The molecule has 4 nitrogen and oxygen atoms in total. The number of rotatable bonds is 3. The van der Waals surface area contributed by atoms with Crippen LogP contribution in [-0.4, -0.2) is 34.4 Å². The summed E-state index contributed by atoms with van der Waals surface area (Å²) in [5.74, 6) is -1.57. The molecule has 0 spiro atoms. The molecule has 0 aromatic carbocycles. The van der Waals surface area contributed by atoms with Gasteiger partial charge in [-0.25, -0.2) is 4.79 Å². The Bertz CT molecular complexity index is 287. The molecule has 0 aliphatic carbocycles. The van der Waals surface area contributed by atoms with Crippen molar-refractivity contribution < 1.29 is 19.4 Å². The molecule has 0 heterocycles. The number of methoxy groups -OCH3 is 1. The number of carboxylic acid groups (broad SMARTS) is 1. The molecule has 0 aromatic rings. The summed E-state index contributed by atoms with van der Waals surface area (Å²) in [7, 11) is 1.90. The van der Waals surface area contributed by atoms with Gasteiger partial charge in [-0.15, -0.1) is 0 Å². The summed E-state index contributed by atoms with van der Waals surface area (Å²) < 4.78 is 4.57. The Morgan fingerprint density at radius 3 is 2.00 bits per heavy atom. The van der Waals surface area contributed by atoms with Crippen molar-refractivity contribution in [3.63, 3.8) is 0 Å². The summed E-state index contributed by atoms with van der Waals surface area (Å²) in [5, 5.41) is 9.77. The van der Waals surface area contributed by atoms with Crippen molar-refractivity contribution in [2.24, 2.45) is 5.41 Å². The second kappa shape index (κ2) is 4.41. The van der Waals surface area contributed by atoms with Gasteiger partial charge in [-0.05, 0) is 20.8 Å². The van der Waals surface area contributed by atoms with E-state index in [1.807, 2.05) is 0 Å². The van der Waals surface area contributed by atoms with Crippen molar-refractivity contribution >= 4 is 22.2 Å². The van der Waals surface area contributed by atoms with Crippen molar-refractivity contribution in [2.75, 3.05) is 7.11 Å². The Balaban J connectivity index is 5.37. The van der Waals surface area contributed by atoms with Gasteiger partial charge in [0.05, 0.1) is 12.5 Å². The lowest BCUT2D eigenvalue weighted by molar-refractivity contribution is -0.149. The Morgan fingerprint density at radius 1 is 1.36 bits per heavy atom. The van der Waals surface area contributed by atoms with Gasteiger partial charge < -0.3 is 9.84 Å². The van der Waals surface area contributed by atoms with E-state index in [0.29, 0.717) is 10.2 Å². The van der Waals surface area contributed by atoms with Crippen LogP contribution in [0.15, 0.2) is 10.8 Å². The highest BCUT2D eigenvalue weighted by Crippen LogP contribution is 2.29. The molecule has 0 unspecified atom stereocenters. The fourth-order valence-corrected chi connectivity index (χ4v) is 2.12. The van der Waals surface area contributed by atoms with Crippen LogP contribution in [0.1, 0.15) is 20.8 Å². The Kier molecular flexibility index (Phi) is 4.06. The van der Waals surface area contributed by atoms with E-state index < -0.39 is 17.4 Å². The maximum absolute atomic E-state index is 11.4. The van der Waals surface area contributed by atoms with Gasteiger partial charge >= 0.3 is 11.9 Å². The molecule has 5 heteroatoms. The van der Waals surface area contributed by atoms with Crippen LogP contribution in [0.2, 0.25) is 0 Å². The number of ether oxygens (including phenoxy) is 1. The van der Waals surface area contributed by atoms with Crippen molar-refractivity contribution in [3.05, 3.63) is 10.8 Å². The molecule has 0 atom stereocenters. The Hall–Kier alpha value is -1.10. The molecule has 1 N–H and O–H groups in total. The van der Waals surface area contributed by atoms with Gasteiger partial charge in [-0.3, -0.25) is 4.79 Å². The monoisotopic (exact) mass is 216 g/mol. The summed E-state index contributed by atoms with van der Waals surface area (Å²) in [6.45, 7) is 4.76. The maximum Gasteiger partial charge on any atom is 0.334 e. The minimum Gasteiger partial charge on any atom is -0.481 e. The second-order valence-corrected chi connectivity index (χ2v) is 5.30. The highest BCUT2D eigenvalue weighted by atomic mass is 28.1. The number of hydrogen-bond acceptors (Lipinski definition) is 3. The predicted molar refractivity (Wildman–Crippen MR) is 56.1 cm³/mol. The van der Waals surface area contributed by atoms with E-state index in [1.165, 1.54) is 21.0 Å². The molecule has 0 aromatic heterocycles.